The summed E-state index contributed by atoms with van der Waals surface area (Å²) >= 11 is 1.20. The Morgan fingerprint density at radius 2 is 2.17 bits per heavy atom. The number of carbonyl (C=O) groups excluding carboxylic acids is 1. The van der Waals surface area contributed by atoms with Gasteiger partial charge in [-0.2, -0.15) is 0 Å². The quantitative estimate of drug-likeness (QED) is 0.332. The van der Waals surface area contributed by atoms with Crippen molar-refractivity contribution in [2.45, 2.75) is 13.0 Å². The van der Waals surface area contributed by atoms with Gasteiger partial charge in [-0.25, -0.2) is 15.0 Å². The summed E-state index contributed by atoms with van der Waals surface area (Å²) in [6.07, 6.45) is 1.54. The molecule has 150 valence electrons. The first-order chi connectivity index (χ1) is 13.9. The van der Waals surface area contributed by atoms with Gasteiger partial charge in [0.05, 0.1) is 27.8 Å². The molecule has 11 nitrogen and oxygen atoms in total. The number of thiazole rings is 1. The number of aryl methyl sites for hydroxylation is 1. The molecule has 3 rings (SSSR count). The number of anilines is 3. The summed E-state index contributed by atoms with van der Waals surface area (Å²) < 4.78 is 0. The third-order valence-electron chi connectivity index (χ3n) is 3.76. The molecular formula is C17H17N7O4S. The Balaban J connectivity index is 1.82. The number of hydrogen-bond acceptors (Lipinski definition) is 10. The molecule has 0 saturated heterocycles. The van der Waals surface area contributed by atoms with Crippen molar-refractivity contribution in [1.82, 2.24) is 15.0 Å². The number of aromatic nitrogens is 3. The number of benzene rings is 1. The van der Waals surface area contributed by atoms with Gasteiger partial charge in [-0.15, -0.1) is 0 Å². The van der Waals surface area contributed by atoms with Crippen LogP contribution in [0.4, 0.5) is 22.5 Å². The number of aliphatic hydroxyl groups is 1. The second-order valence-corrected chi connectivity index (χ2v) is 6.91. The Bertz CT molecular complexity index is 1060. The second-order valence-electron chi connectivity index (χ2n) is 5.91. The molecule has 5 N–H and O–H groups in total. The highest BCUT2D eigenvalue weighted by Crippen LogP contribution is 2.32. The van der Waals surface area contributed by atoms with Gasteiger partial charge in [-0.05, 0) is 19.1 Å². The molecule has 12 heteroatoms. The maximum absolute atomic E-state index is 11.8. The fraction of sp³-hybridized carbons (Fsp3) is 0.176. The van der Waals surface area contributed by atoms with Crippen molar-refractivity contribution in [1.29, 1.82) is 0 Å². The van der Waals surface area contributed by atoms with Crippen molar-refractivity contribution >= 4 is 39.7 Å². The number of hydrogen-bond donors (Lipinski definition) is 4. The first kappa shape index (κ1) is 20.3. The Kier molecular flexibility index (Phi) is 6.07. The molecule has 0 saturated carbocycles. The summed E-state index contributed by atoms with van der Waals surface area (Å²) in [6.45, 7) is 1.30. The predicted octanol–water partition coefficient (Wildman–Crippen LogP) is 1.82. The molecule has 0 aliphatic rings. The van der Waals surface area contributed by atoms with Gasteiger partial charge in [-0.1, -0.05) is 17.4 Å². The van der Waals surface area contributed by atoms with Crippen LogP contribution >= 0.6 is 11.3 Å². The molecule has 1 amide bonds. The lowest BCUT2D eigenvalue weighted by atomic mass is 10.3. The van der Waals surface area contributed by atoms with Crippen LogP contribution in [-0.2, 0) is 4.79 Å². The minimum absolute atomic E-state index is 0.0501. The summed E-state index contributed by atoms with van der Waals surface area (Å²) in [7, 11) is 0. The van der Waals surface area contributed by atoms with E-state index in [0.717, 1.165) is 0 Å². The van der Waals surface area contributed by atoms with E-state index in [-0.39, 0.29) is 11.6 Å². The van der Waals surface area contributed by atoms with Gasteiger partial charge in [0.1, 0.15) is 6.04 Å². The highest BCUT2D eigenvalue weighted by atomic mass is 32.1. The van der Waals surface area contributed by atoms with E-state index in [2.05, 4.69) is 25.6 Å². The topological polar surface area (TPSA) is 169 Å². The molecule has 0 spiro atoms. The van der Waals surface area contributed by atoms with Crippen LogP contribution in [-0.4, -0.2) is 43.5 Å². The zero-order valence-electron chi connectivity index (χ0n) is 15.2. The van der Waals surface area contributed by atoms with E-state index in [1.54, 1.807) is 31.3 Å². The molecule has 0 aliphatic carbocycles. The number of amides is 1. The number of aliphatic hydroxyl groups excluding tert-OH is 1. The van der Waals surface area contributed by atoms with Crippen molar-refractivity contribution in [2.75, 3.05) is 17.2 Å². The number of nitro benzene ring substituents is 1. The van der Waals surface area contributed by atoms with Crippen LogP contribution < -0.4 is 16.4 Å². The van der Waals surface area contributed by atoms with Crippen LogP contribution in [0.15, 0.2) is 36.5 Å². The first-order valence-corrected chi connectivity index (χ1v) is 9.18. The van der Waals surface area contributed by atoms with E-state index in [0.29, 0.717) is 27.1 Å². The number of carbonyl (C=O) groups is 1. The fourth-order valence-electron chi connectivity index (χ4n) is 2.34. The lowest BCUT2D eigenvalue weighted by Gasteiger charge is -2.06. The van der Waals surface area contributed by atoms with Crippen molar-refractivity contribution in [3.05, 3.63) is 52.3 Å². The predicted molar refractivity (Wildman–Crippen MR) is 108 cm³/mol. The second kappa shape index (κ2) is 8.68. The summed E-state index contributed by atoms with van der Waals surface area (Å²) in [4.78, 5) is 35.8. The smallest absolute Gasteiger partial charge is 0.271 e. The standard InChI is InChI=1S/C17H17N7O4S/c1-9-14(29-17(20-9)23-15(26)12(18)8-25)13-5-6-19-16(22-13)21-10-3-2-4-11(7-10)24(27)28/h2-7,12,25H,8,18H2,1H3,(H,19,21,22)(H,20,23,26). The molecule has 0 bridgehead atoms. The van der Waals surface area contributed by atoms with Gasteiger partial charge in [-0.3, -0.25) is 14.9 Å². The molecule has 29 heavy (non-hydrogen) atoms. The van der Waals surface area contributed by atoms with Crippen LogP contribution in [0.5, 0.6) is 0 Å². The van der Waals surface area contributed by atoms with Crippen LogP contribution in [0.2, 0.25) is 0 Å². The number of nitro groups is 1. The van der Waals surface area contributed by atoms with Gasteiger partial charge in [0, 0.05) is 24.0 Å². The monoisotopic (exact) mass is 415 g/mol. The molecule has 1 aromatic carbocycles. The van der Waals surface area contributed by atoms with E-state index < -0.39 is 23.5 Å². The Morgan fingerprint density at radius 3 is 2.90 bits per heavy atom. The van der Waals surface area contributed by atoms with Crippen molar-refractivity contribution in [2.24, 2.45) is 5.73 Å². The molecule has 2 aromatic heterocycles. The summed E-state index contributed by atoms with van der Waals surface area (Å²) in [5, 5.41) is 25.7. The highest BCUT2D eigenvalue weighted by molar-refractivity contribution is 7.19. The van der Waals surface area contributed by atoms with Crippen LogP contribution in [0.1, 0.15) is 5.69 Å². The van der Waals surface area contributed by atoms with Gasteiger partial charge in [0.25, 0.3) is 5.69 Å². The number of nitrogens with one attached hydrogen (secondary N) is 2. The number of rotatable bonds is 7. The Hall–Kier alpha value is -3.48. The number of nitrogens with zero attached hydrogens (tertiary/aromatic N) is 4. The lowest BCUT2D eigenvalue weighted by molar-refractivity contribution is -0.384. The minimum Gasteiger partial charge on any atom is -0.394 e. The highest BCUT2D eigenvalue weighted by Gasteiger charge is 2.17. The van der Waals surface area contributed by atoms with E-state index in [1.807, 2.05) is 0 Å². The normalized spacial score (nSPS) is 11.7. The summed E-state index contributed by atoms with van der Waals surface area (Å²) in [5.41, 5.74) is 7.12. The van der Waals surface area contributed by atoms with Crippen LogP contribution in [0, 0.1) is 17.0 Å². The maximum atomic E-state index is 11.8. The molecule has 1 unspecified atom stereocenters. The molecule has 0 aliphatic heterocycles. The SMILES string of the molecule is Cc1nc(NC(=O)C(N)CO)sc1-c1ccnc(Nc2cccc([N+](=O)[O-])c2)n1. The Morgan fingerprint density at radius 1 is 1.38 bits per heavy atom. The summed E-state index contributed by atoms with van der Waals surface area (Å²) in [6, 6.07) is 6.65. The lowest BCUT2D eigenvalue weighted by Crippen LogP contribution is -2.38. The summed E-state index contributed by atoms with van der Waals surface area (Å²) in [5.74, 6) is -0.285. The number of non-ortho nitro benzene ring substituents is 1. The van der Waals surface area contributed by atoms with E-state index in [9.17, 15) is 14.9 Å². The molecule has 3 aromatic rings. The van der Waals surface area contributed by atoms with Crippen molar-refractivity contribution < 1.29 is 14.8 Å². The van der Waals surface area contributed by atoms with E-state index in [4.69, 9.17) is 10.8 Å². The fourth-order valence-corrected chi connectivity index (χ4v) is 3.28. The third kappa shape index (κ3) is 4.87. The molecule has 2 heterocycles. The zero-order valence-corrected chi connectivity index (χ0v) is 16.0. The number of nitrogens with two attached hydrogens (primary N) is 1. The average Bonchev–Trinajstić information content (AvgIpc) is 3.07. The van der Waals surface area contributed by atoms with E-state index >= 15 is 0 Å². The largest absolute Gasteiger partial charge is 0.394 e. The Labute approximate surface area is 168 Å². The molecule has 0 fully saturated rings. The van der Waals surface area contributed by atoms with Gasteiger partial charge in [0.15, 0.2) is 5.13 Å². The molecular weight excluding hydrogens is 398 g/mol. The van der Waals surface area contributed by atoms with Gasteiger partial charge in [0.2, 0.25) is 11.9 Å². The van der Waals surface area contributed by atoms with Gasteiger partial charge < -0.3 is 21.5 Å². The van der Waals surface area contributed by atoms with E-state index in [1.165, 1.54) is 23.5 Å². The van der Waals surface area contributed by atoms with Gasteiger partial charge >= 0.3 is 0 Å². The van der Waals surface area contributed by atoms with Crippen molar-refractivity contribution in [3.8, 4) is 10.6 Å². The molecule has 1 atom stereocenters. The third-order valence-corrected chi connectivity index (χ3v) is 4.86. The maximum Gasteiger partial charge on any atom is 0.271 e. The van der Waals surface area contributed by atoms with Crippen LogP contribution in [0.3, 0.4) is 0 Å². The van der Waals surface area contributed by atoms with Crippen LogP contribution in [0.25, 0.3) is 10.6 Å². The van der Waals surface area contributed by atoms with Crippen molar-refractivity contribution in [3.63, 3.8) is 0 Å². The molecule has 0 radical (unpaired) electrons. The minimum atomic E-state index is -1.03. The first-order valence-electron chi connectivity index (χ1n) is 8.37. The average molecular weight is 415 g/mol. The zero-order chi connectivity index (χ0) is 21.0.